The van der Waals surface area contributed by atoms with E-state index in [-0.39, 0.29) is 0 Å². The molecule has 1 N–H and O–H groups in total. The SMILES string of the molecule is CSC1CNCC1N(C)Cc1cccc(C)c1. The van der Waals surface area contributed by atoms with E-state index in [2.05, 4.69) is 54.7 Å². The van der Waals surface area contributed by atoms with Crippen molar-refractivity contribution >= 4 is 11.8 Å². The molecule has 1 heterocycles. The van der Waals surface area contributed by atoms with Gasteiger partial charge < -0.3 is 5.32 Å². The van der Waals surface area contributed by atoms with Crippen molar-refractivity contribution in [3.05, 3.63) is 35.4 Å². The minimum absolute atomic E-state index is 0.658. The Balaban J connectivity index is 1.99. The van der Waals surface area contributed by atoms with Crippen molar-refractivity contribution < 1.29 is 0 Å². The standard InChI is InChI=1S/C14H22N2S/c1-11-5-4-6-12(7-11)10-16(2)13-8-15-9-14(13)17-3/h4-7,13-15H,8-10H2,1-3H3. The van der Waals surface area contributed by atoms with Gasteiger partial charge in [-0.15, -0.1) is 0 Å². The lowest BCUT2D eigenvalue weighted by molar-refractivity contribution is 0.253. The molecule has 2 rings (SSSR count). The second-order valence-electron chi connectivity index (χ2n) is 4.90. The van der Waals surface area contributed by atoms with E-state index in [4.69, 9.17) is 0 Å². The summed E-state index contributed by atoms with van der Waals surface area (Å²) in [6.07, 6.45) is 2.21. The predicted octanol–water partition coefficient (Wildman–Crippen LogP) is 2.13. The van der Waals surface area contributed by atoms with E-state index in [1.165, 1.54) is 11.1 Å². The maximum absolute atomic E-state index is 3.49. The zero-order valence-electron chi connectivity index (χ0n) is 10.9. The van der Waals surface area contributed by atoms with E-state index in [1.54, 1.807) is 0 Å². The number of likely N-dealkylation sites (N-methyl/N-ethyl adjacent to an activating group) is 1. The van der Waals surface area contributed by atoms with Gasteiger partial charge >= 0.3 is 0 Å². The summed E-state index contributed by atoms with van der Waals surface area (Å²) in [5.41, 5.74) is 2.76. The highest BCUT2D eigenvalue weighted by Gasteiger charge is 2.29. The molecule has 0 spiro atoms. The lowest BCUT2D eigenvalue weighted by Crippen LogP contribution is -2.38. The third-order valence-corrected chi connectivity index (χ3v) is 4.60. The van der Waals surface area contributed by atoms with Gasteiger partial charge in [-0.2, -0.15) is 11.8 Å². The summed E-state index contributed by atoms with van der Waals surface area (Å²) in [4.78, 5) is 2.48. The highest BCUT2D eigenvalue weighted by molar-refractivity contribution is 7.99. The van der Waals surface area contributed by atoms with Crippen molar-refractivity contribution in [2.45, 2.75) is 24.8 Å². The Kier molecular flexibility index (Phi) is 4.48. The van der Waals surface area contributed by atoms with Crippen LogP contribution in [0.5, 0.6) is 0 Å². The topological polar surface area (TPSA) is 15.3 Å². The number of nitrogens with one attached hydrogen (secondary N) is 1. The van der Waals surface area contributed by atoms with Crippen LogP contribution in [-0.4, -0.2) is 42.6 Å². The number of hydrogen-bond acceptors (Lipinski definition) is 3. The maximum Gasteiger partial charge on any atom is 0.0352 e. The molecule has 1 saturated heterocycles. The quantitative estimate of drug-likeness (QED) is 0.881. The van der Waals surface area contributed by atoms with Crippen molar-refractivity contribution in [2.75, 3.05) is 26.4 Å². The first-order valence-corrected chi connectivity index (χ1v) is 7.49. The number of nitrogens with zero attached hydrogens (tertiary/aromatic N) is 1. The molecular formula is C14H22N2S. The first-order valence-electron chi connectivity index (χ1n) is 6.20. The predicted molar refractivity (Wildman–Crippen MR) is 76.6 cm³/mol. The molecule has 0 aromatic heterocycles. The molecule has 94 valence electrons. The van der Waals surface area contributed by atoms with E-state index in [0.717, 1.165) is 24.9 Å². The van der Waals surface area contributed by atoms with Crippen LogP contribution in [0.25, 0.3) is 0 Å². The summed E-state index contributed by atoms with van der Waals surface area (Å²) in [6.45, 7) is 5.47. The normalized spacial score (nSPS) is 24.5. The summed E-state index contributed by atoms with van der Waals surface area (Å²) < 4.78 is 0. The Morgan fingerprint density at radius 1 is 1.41 bits per heavy atom. The van der Waals surface area contributed by atoms with Crippen LogP contribution < -0.4 is 5.32 Å². The fourth-order valence-electron chi connectivity index (χ4n) is 2.54. The molecule has 1 aliphatic rings. The van der Waals surface area contributed by atoms with E-state index in [1.807, 2.05) is 11.8 Å². The fraction of sp³-hybridized carbons (Fsp3) is 0.571. The molecule has 2 atom stereocenters. The van der Waals surface area contributed by atoms with Crippen molar-refractivity contribution in [3.8, 4) is 0 Å². The smallest absolute Gasteiger partial charge is 0.0352 e. The first-order chi connectivity index (χ1) is 8.20. The van der Waals surface area contributed by atoms with Crippen LogP contribution in [0.3, 0.4) is 0 Å². The molecule has 0 radical (unpaired) electrons. The van der Waals surface area contributed by atoms with Crippen LogP contribution in [-0.2, 0) is 6.54 Å². The number of hydrogen-bond donors (Lipinski definition) is 1. The van der Waals surface area contributed by atoms with Crippen molar-refractivity contribution in [1.82, 2.24) is 10.2 Å². The highest BCUT2D eigenvalue weighted by atomic mass is 32.2. The molecule has 0 amide bonds. The van der Waals surface area contributed by atoms with Crippen LogP contribution >= 0.6 is 11.8 Å². The fourth-order valence-corrected chi connectivity index (χ4v) is 3.44. The first kappa shape index (κ1) is 12.9. The van der Waals surface area contributed by atoms with Gasteiger partial charge in [-0.05, 0) is 25.8 Å². The molecule has 3 heteroatoms. The summed E-state index contributed by atoms with van der Waals surface area (Å²) in [5.74, 6) is 0. The molecule has 1 aliphatic heterocycles. The van der Waals surface area contributed by atoms with E-state index < -0.39 is 0 Å². The molecule has 1 aromatic rings. The van der Waals surface area contributed by atoms with Crippen LogP contribution in [0.1, 0.15) is 11.1 Å². The molecule has 17 heavy (non-hydrogen) atoms. The van der Waals surface area contributed by atoms with Crippen LogP contribution in [0.4, 0.5) is 0 Å². The Hall–Kier alpha value is -0.510. The zero-order valence-corrected chi connectivity index (χ0v) is 11.8. The van der Waals surface area contributed by atoms with Crippen LogP contribution in [0.15, 0.2) is 24.3 Å². The van der Waals surface area contributed by atoms with Gasteiger partial charge in [0.25, 0.3) is 0 Å². The molecule has 0 saturated carbocycles. The van der Waals surface area contributed by atoms with Crippen molar-refractivity contribution in [1.29, 1.82) is 0 Å². The Morgan fingerprint density at radius 2 is 2.24 bits per heavy atom. The van der Waals surface area contributed by atoms with Crippen molar-refractivity contribution in [2.24, 2.45) is 0 Å². The van der Waals surface area contributed by atoms with Gasteiger partial charge in [0.2, 0.25) is 0 Å². The number of rotatable bonds is 4. The second kappa shape index (κ2) is 5.89. The van der Waals surface area contributed by atoms with Crippen molar-refractivity contribution in [3.63, 3.8) is 0 Å². The average Bonchev–Trinajstić information content (AvgIpc) is 2.77. The molecule has 1 aromatic carbocycles. The van der Waals surface area contributed by atoms with Crippen LogP contribution in [0.2, 0.25) is 0 Å². The molecule has 1 fully saturated rings. The number of benzene rings is 1. The summed E-state index contributed by atoms with van der Waals surface area (Å²) >= 11 is 1.98. The lowest BCUT2D eigenvalue weighted by atomic mass is 10.1. The third kappa shape index (κ3) is 3.24. The van der Waals surface area contributed by atoms with Gasteiger partial charge in [0.15, 0.2) is 0 Å². The van der Waals surface area contributed by atoms with Crippen LogP contribution in [0, 0.1) is 6.92 Å². The maximum atomic E-state index is 3.49. The Morgan fingerprint density at radius 3 is 2.94 bits per heavy atom. The lowest BCUT2D eigenvalue weighted by Gasteiger charge is -2.28. The van der Waals surface area contributed by atoms with Gasteiger partial charge in [-0.3, -0.25) is 4.90 Å². The summed E-state index contributed by atoms with van der Waals surface area (Å²) in [7, 11) is 2.24. The molecule has 2 unspecified atom stereocenters. The van der Waals surface area contributed by atoms with Gasteiger partial charge in [-0.25, -0.2) is 0 Å². The second-order valence-corrected chi connectivity index (χ2v) is 5.98. The third-order valence-electron chi connectivity index (χ3n) is 3.51. The minimum Gasteiger partial charge on any atom is -0.314 e. The van der Waals surface area contributed by atoms with Gasteiger partial charge in [0, 0.05) is 30.9 Å². The largest absolute Gasteiger partial charge is 0.314 e. The molecular weight excluding hydrogens is 228 g/mol. The minimum atomic E-state index is 0.658. The summed E-state index contributed by atoms with van der Waals surface area (Å²) in [6, 6.07) is 9.47. The average molecular weight is 250 g/mol. The zero-order chi connectivity index (χ0) is 12.3. The monoisotopic (exact) mass is 250 g/mol. The molecule has 0 bridgehead atoms. The van der Waals surface area contributed by atoms with Gasteiger partial charge in [0.05, 0.1) is 0 Å². The Bertz CT molecular complexity index is 367. The van der Waals surface area contributed by atoms with E-state index in [0.29, 0.717) is 6.04 Å². The van der Waals surface area contributed by atoms with E-state index >= 15 is 0 Å². The highest BCUT2D eigenvalue weighted by Crippen LogP contribution is 2.20. The Labute approximate surface area is 109 Å². The molecule has 0 aliphatic carbocycles. The molecule has 2 nitrogen and oxygen atoms in total. The van der Waals surface area contributed by atoms with Gasteiger partial charge in [0.1, 0.15) is 0 Å². The summed E-state index contributed by atoms with van der Waals surface area (Å²) in [5, 5.41) is 4.22. The van der Waals surface area contributed by atoms with E-state index in [9.17, 15) is 0 Å². The number of aryl methyl sites for hydroxylation is 1. The van der Waals surface area contributed by atoms with Gasteiger partial charge in [-0.1, -0.05) is 29.8 Å². The number of thioether (sulfide) groups is 1.